The maximum absolute atomic E-state index is 12.5. The van der Waals surface area contributed by atoms with Crippen molar-refractivity contribution in [2.24, 2.45) is 5.92 Å². The molecular weight excluding hydrogens is 458 g/mol. The number of nitrogens with one attached hydrogen (secondary N) is 1. The first-order valence-electron chi connectivity index (χ1n) is 8.34. The van der Waals surface area contributed by atoms with Gasteiger partial charge in [-0.2, -0.15) is 0 Å². The molecule has 26 heavy (non-hydrogen) atoms. The number of halogens is 4. The van der Waals surface area contributed by atoms with Crippen LogP contribution in [0, 0.1) is 5.92 Å². The van der Waals surface area contributed by atoms with Gasteiger partial charge in [-0.3, -0.25) is 9.69 Å². The fourth-order valence-corrected chi connectivity index (χ4v) is 3.96. The van der Waals surface area contributed by atoms with Crippen LogP contribution in [0.5, 0.6) is 0 Å². The lowest BCUT2D eigenvalue weighted by Gasteiger charge is -2.31. The summed E-state index contributed by atoms with van der Waals surface area (Å²) in [4.78, 5) is 14.8. The molecule has 3 nitrogen and oxygen atoms in total. The number of carbonyl (C=O) groups excluding carboxylic acids is 1. The maximum atomic E-state index is 12.5. The number of piperidine rings is 1. The Hall–Kier alpha value is -0.780. The normalized spacial score (nSPS) is 15.8. The Morgan fingerprint density at radius 3 is 2.46 bits per heavy atom. The van der Waals surface area contributed by atoms with Gasteiger partial charge >= 0.3 is 0 Å². The van der Waals surface area contributed by atoms with E-state index in [4.69, 9.17) is 34.8 Å². The van der Waals surface area contributed by atoms with Crippen molar-refractivity contribution in [3.05, 3.63) is 61.5 Å². The summed E-state index contributed by atoms with van der Waals surface area (Å²) in [5.74, 6) is 0.0573. The highest BCUT2D eigenvalue weighted by Gasteiger charge is 2.25. The summed E-state index contributed by atoms with van der Waals surface area (Å²) in [5, 5.41) is 4.87. The van der Waals surface area contributed by atoms with Crippen molar-refractivity contribution in [2.45, 2.75) is 19.4 Å². The lowest BCUT2D eigenvalue weighted by molar-refractivity contribution is -0.121. The van der Waals surface area contributed by atoms with Crippen LogP contribution in [-0.4, -0.2) is 23.9 Å². The second-order valence-corrected chi connectivity index (χ2v) is 8.51. The predicted molar refractivity (Wildman–Crippen MR) is 112 cm³/mol. The highest BCUT2D eigenvalue weighted by molar-refractivity contribution is 9.10. The third kappa shape index (κ3) is 5.14. The number of benzene rings is 2. The highest BCUT2D eigenvalue weighted by atomic mass is 79.9. The molecule has 1 aliphatic heterocycles. The summed E-state index contributed by atoms with van der Waals surface area (Å²) in [6, 6.07) is 11.0. The van der Waals surface area contributed by atoms with Crippen molar-refractivity contribution >= 4 is 62.3 Å². The molecule has 2 aromatic carbocycles. The summed E-state index contributed by atoms with van der Waals surface area (Å²) < 4.78 is 0.811. The van der Waals surface area contributed by atoms with E-state index in [0.717, 1.165) is 48.2 Å². The summed E-state index contributed by atoms with van der Waals surface area (Å²) in [6.07, 6.45) is 1.64. The van der Waals surface area contributed by atoms with Crippen molar-refractivity contribution < 1.29 is 4.79 Å². The SMILES string of the molecule is O=C(Nc1ccc(Br)c(Cl)c1)C1CCN(Cc2ccc(Cl)cc2Cl)CC1. The van der Waals surface area contributed by atoms with E-state index in [0.29, 0.717) is 15.1 Å². The van der Waals surface area contributed by atoms with Crippen LogP contribution in [0.4, 0.5) is 5.69 Å². The van der Waals surface area contributed by atoms with Crippen LogP contribution >= 0.6 is 50.7 Å². The lowest BCUT2D eigenvalue weighted by atomic mass is 9.95. The number of hydrogen-bond acceptors (Lipinski definition) is 2. The average Bonchev–Trinajstić information content (AvgIpc) is 2.61. The zero-order valence-electron chi connectivity index (χ0n) is 13.9. The molecule has 2 aromatic rings. The van der Waals surface area contributed by atoms with Crippen molar-refractivity contribution in [3.8, 4) is 0 Å². The Kier molecular flexibility index (Phi) is 6.87. The van der Waals surface area contributed by atoms with E-state index in [1.165, 1.54) is 0 Å². The standard InChI is InChI=1S/C19H18BrCl3N2O/c20-16-4-3-15(10-18(16)23)24-19(26)12-5-7-25(8-6-12)11-13-1-2-14(21)9-17(13)22/h1-4,9-10,12H,5-8,11H2,(H,24,26). The van der Waals surface area contributed by atoms with Gasteiger partial charge in [0.25, 0.3) is 0 Å². The Morgan fingerprint density at radius 1 is 1.08 bits per heavy atom. The first-order valence-corrected chi connectivity index (χ1v) is 10.3. The lowest BCUT2D eigenvalue weighted by Crippen LogP contribution is -2.37. The van der Waals surface area contributed by atoms with Gasteiger partial charge in [0.15, 0.2) is 0 Å². The van der Waals surface area contributed by atoms with Crippen LogP contribution in [0.1, 0.15) is 18.4 Å². The Morgan fingerprint density at radius 2 is 1.81 bits per heavy atom. The molecule has 0 bridgehead atoms. The topological polar surface area (TPSA) is 32.3 Å². The van der Waals surface area contributed by atoms with E-state index in [9.17, 15) is 4.79 Å². The number of hydrogen-bond donors (Lipinski definition) is 1. The Balaban J connectivity index is 1.52. The molecule has 1 saturated heterocycles. The number of likely N-dealkylation sites (tertiary alicyclic amines) is 1. The fraction of sp³-hybridized carbons (Fsp3) is 0.316. The third-order valence-electron chi connectivity index (χ3n) is 4.55. The van der Waals surface area contributed by atoms with Gasteiger partial charge in [-0.1, -0.05) is 40.9 Å². The van der Waals surface area contributed by atoms with Gasteiger partial charge in [0, 0.05) is 32.7 Å². The zero-order chi connectivity index (χ0) is 18.7. The number of amides is 1. The van der Waals surface area contributed by atoms with E-state index in [2.05, 4.69) is 26.1 Å². The fourth-order valence-electron chi connectivity index (χ4n) is 3.06. The first-order chi connectivity index (χ1) is 12.4. The molecule has 0 unspecified atom stereocenters. The van der Waals surface area contributed by atoms with Gasteiger partial charge in [0.2, 0.25) is 5.91 Å². The van der Waals surface area contributed by atoms with E-state index in [-0.39, 0.29) is 11.8 Å². The second kappa shape index (κ2) is 8.94. The van der Waals surface area contributed by atoms with Crippen LogP contribution in [0.3, 0.4) is 0 Å². The molecule has 0 atom stereocenters. The zero-order valence-corrected chi connectivity index (χ0v) is 17.8. The number of nitrogens with zero attached hydrogens (tertiary/aromatic N) is 1. The van der Waals surface area contributed by atoms with Gasteiger partial charge in [-0.15, -0.1) is 0 Å². The first kappa shape index (κ1) is 20.0. The minimum absolute atomic E-state index is 0.00867. The van der Waals surface area contributed by atoms with Crippen LogP contribution in [0.25, 0.3) is 0 Å². The Bertz CT molecular complexity index is 807. The van der Waals surface area contributed by atoms with Crippen LogP contribution in [0.15, 0.2) is 40.9 Å². The van der Waals surface area contributed by atoms with Gasteiger partial charge in [-0.05, 0) is 77.8 Å². The quantitative estimate of drug-likeness (QED) is 0.565. The maximum Gasteiger partial charge on any atom is 0.227 e. The summed E-state index contributed by atoms with van der Waals surface area (Å²) in [6.45, 7) is 2.49. The monoisotopic (exact) mass is 474 g/mol. The van der Waals surface area contributed by atoms with Crippen molar-refractivity contribution in [3.63, 3.8) is 0 Å². The third-order valence-corrected chi connectivity index (χ3v) is 6.37. The molecule has 0 saturated carbocycles. The largest absolute Gasteiger partial charge is 0.326 e. The summed E-state index contributed by atoms with van der Waals surface area (Å²) in [5.41, 5.74) is 1.78. The molecule has 7 heteroatoms. The smallest absolute Gasteiger partial charge is 0.227 e. The summed E-state index contributed by atoms with van der Waals surface area (Å²) in [7, 11) is 0. The molecule has 0 aromatic heterocycles. The molecule has 138 valence electrons. The highest BCUT2D eigenvalue weighted by Crippen LogP contribution is 2.28. The Labute approximate surface area is 176 Å². The summed E-state index contributed by atoms with van der Waals surface area (Å²) >= 11 is 21.6. The molecule has 0 spiro atoms. The van der Waals surface area contributed by atoms with E-state index >= 15 is 0 Å². The molecular formula is C19H18BrCl3N2O. The molecule has 0 radical (unpaired) electrons. The predicted octanol–water partition coefficient (Wildman–Crippen LogP) is 6.26. The molecule has 1 N–H and O–H groups in total. The molecule has 1 amide bonds. The number of rotatable bonds is 4. The van der Waals surface area contributed by atoms with Crippen LogP contribution in [0.2, 0.25) is 15.1 Å². The van der Waals surface area contributed by atoms with E-state index < -0.39 is 0 Å². The molecule has 1 heterocycles. The van der Waals surface area contributed by atoms with Crippen LogP contribution in [-0.2, 0) is 11.3 Å². The molecule has 0 aliphatic carbocycles. The average molecular weight is 477 g/mol. The van der Waals surface area contributed by atoms with Gasteiger partial charge in [0.1, 0.15) is 0 Å². The molecule has 1 aliphatic rings. The number of anilines is 1. The van der Waals surface area contributed by atoms with Gasteiger partial charge in [-0.25, -0.2) is 0 Å². The van der Waals surface area contributed by atoms with Crippen molar-refractivity contribution in [1.29, 1.82) is 0 Å². The van der Waals surface area contributed by atoms with E-state index in [1.807, 2.05) is 24.3 Å². The minimum atomic E-state index is 0.00867. The molecule has 1 fully saturated rings. The molecule has 3 rings (SSSR count). The van der Waals surface area contributed by atoms with Crippen LogP contribution < -0.4 is 5.32 Å². The van der Waals surface area contributed by atoms with Crippen molar-refractivity contribution in [1.82, 2.24) is 4.90 Å². The van der Waals surface area contributed by atoms with Gasteiger partial charge < -0.3 is 5.32 Å². The van der Waals surface area contributed by atoms with Crippen molar-refractivity contribution in [2.75, 3.05) is 18.4 Å². The van der Waals surface area contributed by atoms with E-state index in [1.54, 1.807) is 12.1 Å². The number of carbonyl (C=O) groups is 1. The van der Waals surface area contributed by atoms with Gasteiger partial charge in [0.05, 0.1) is 5.02 Å². The second-order valence-electron chi connectivity index (χ2n) is 6.40. The minimum Gasteiger partial charge on any atom is -0.326 e.